The lowest BCUT2D eigenvalue weighted by Crippen LogP contribution is -2.59. The summed E-state index contributed by atoms with van der Waals surface area (Å²) in [4.78, 5) is 21.2. The van der Waals surface area contributed by atoms with Crippen molar-refractivity contribution in [1.29, 1.82) is 0 Å². The Balaban J connectivity index is 1.83. The maximum atomic E-state index is 11.6. The predicted molar refractivity (Wildman–Crippen MR) is 78.0 cm³/mol. The highest BCUT2D eigenvalue weighted by Crippen LogP contribution is 2.36. The van der Waals surface area contributed by atoms with Gasteiger partial charge in [0, 0.05) is 6.61 Å². The quantitative estimate of drug-likeness (QED) is 0.177. The van der Waals surface area contributed by atoms with Crippen molar-refractivity contribution >= 4 is 32.6 Å². The van der Waals surface area contributed by atoms with Crippen LogP contribution in [0.1, 0.15) is 12.8 Å². The van der Waals surface area contributed by atoms with Gasteiger partial charge in [-0.15, -0.1) is 0 Å². The van der Waals surface area contributed by atoms with Gasteiger partial charge < -0.3 is 38.9 Å². The molecule has 138 valence electrons. The number of aliphatic hydroxyl groups excluding tert-OH is 4. The van der Waals surface area contributed by atoms with E-state index >= 15 is 0 Å². The van der Waals surface area contributed by atoms with Crippen LogP contribution in [0, 0.1) is 0 Å². The van der Waals surface area contributed by atoms with Crippen molar-refractivity contribution in [3.63, 3.8) is 0 Å². The van der Waals surface area contributed by atoms with Gasteiger partial charge in [0.2, 0.25) is 4.87 Å². The fraction of sp³-hybridized carbons (Fsp3) is 0.833. The molecule has 24 heavy (non-hydrogen) atoms. The van der Waals surface area contributed by atoms with Crippen molar-refractivity contribution < 1.29 is 48.5 Å². The fourth-order valence-electron chi connectivity index (χ4n) is 2.27. The van der Waals surface area contributed by atoms with E-state index in [1.54, 1.807) is 0 Å². The molecule has 0 aromatic rings. The molecule has 2 rings (SSSR count). The summed E-state index contributed by atoms with van der Waals surface area (Å²) < 4.78 is 19.6. The Morgan fingerprint density at radius 3 is 2.33 bits per heavy atom. The normalized spacial score (nSPS) is 41.1. The number of hydrogen-bond acceptors (Lipinski definition) is 10. The molecule has 2 heterocycles. The molecule has 0 aromatic carbocycles. The van der Waals surface area contributed by atoms with Crippen molar-refractivity contribution in [2.75, 3.05) is 13.2 Å². The van der Waals surface area contributed by atoms with Crippen molar-refractivity contribution in [3.05, 3.63) is 0 Å². The summed E-state index contributed by atoms with van der Waals surface area (Å²) >= 11 is 5.93. The SMILES string of the molecule is O=C1OPOC(=O)C1(Cl)CCCOC1O[C@H](CO)[C@@H](O)[C@H](O)[C@@H]1O. The Morgan fingerprint density at radius 2 is 1.75 bits per heavy atom. The summed E-state index contributed by atoms with van der Waals surface area (Å²) in [5.74, 6) is -1.79. The van der Waals surface area contributed by atoms with Gasteiger partial charge in [0.05, 0.1) is 6.61 Å². The summed E-state index contributed by atoms with van der Waals surface area (Å²) in [6.45, 7) is -0.659. The van der Waals surface area contributed by atoms with E-state index in [4.69, 9.17) is 26.2 Å². The first-order valence-corrected chi connectivity index (χ1v) is 8.29. The van der Waals surface area contributed by atoms with Gasteiger partial charge in [-0.3, -0.25) is 0 Å². The lowest BCUT2D eigenvalue weighted by atomic mass is 9.99. The monoisotopic (exact) mass is 388 g/mol. The number of alkyl halides is 1. The van der Waals surface area contributed by atoms with E-state index in [-0.39, 0.29) is 19.4 Å². The molecule has 0 amide bonds. The second-order valence-corrected chi connectivity index (χ2v) is 6.56. The van der Waals surface area contributed by atoms with Crippen LogP contribution in [0.3, 0.4) is 0 Å². The summed E-state index contributed by atoms with van der Waals surface area (Å²) in [7, 11) is -0.717. The first kappa shape index (κ1) is 19.7. The topological polar surface area (TPSA) is 152 Å². The van der Waals surface area contributed by atoms with Gasteiger partial charge >= 0.3 is 11.9 Å². The van der Waals surface area contributed by atoms with Crippen LogP contribution in [-0.2, 0) is 28.1 Å². The average Bonchev–Trinajstić information content (AvgIpc) is 2.56. The van der Waals surface area contributed by atoms with Gasteiger partial charge in [0.1, 0.15) is 24.4 Å². The molecule has 0 radical (unpaired) electrons. The molecule has 2 aliphatic rings. The number of carbonyl (C=O) groups is 2. The summed E-state index contributed by atoms with van der Waals surface area (Å²) in [5, 5.41) is 38.1. The Morgan fingerprint density at radius 1 is 1.12 bits per heavy atom. The maximum absolute atomic E-state index is 11.6. The standard InChI is InChI=1S/C12H18ClO10P/c13-12(10(18)22-24-23-11(12)19)2-1-3-20-9-8(17)7(16)6(15)5(4-14)21-9/h5-9,14-17,24H,1-4H2/t5-,6-,7+,8+,9?/m1/s1. The molecule has 10 nitrogen and oxygen atoms in total. The highest BCUT2D eigenvalue weighted by molar-refractivity contribution is 7.28. The van der Waals surface area contributed by atoms with Crippen LogP contribution < -0.4 is 0 Å². The summed E-state index contributed by atoms with van der Waals surface area (Å²) in [6.07, 6.45) is -6.96. The molecular formula is C12H18ClO10P. The van der Waals surface area contributed by atoms with Crippen LogP contribution in [0.15, 0.2) is 0 Å². The van der Waals surface area contributed by atoms with Crippen LogP contribution in [0.4, 0.5) is 0 Å². The van der Waals surface area contributed by atoms with Crippen molar-refractivity contribution in [2.45, 2.75) is 48.4 Å². The van der Waals surface area contributed by atoms with Gasteiger partial charge in [-0.05, 0) is 12.8 Å². The third-order valence-corrected chi connectivity index (χ3v) is 4.75. The van der Waals surface area contributed by atoms with Gasteiger partial charge in [-0.2, -0.15) is 0 Å². The zero-order valence-electron chi connectivity index (χ0n) is 12.3. The zero-order chi connectivity index (χ0) is 17.9. The van der Waals surface area contributed by atoms with Crippen LogP contribution in [0.2, 0.25) is 0 Å². The third kappa shape index (κ3) is 3.97. The largest absolute Gasteiger partial charge is 0.407 e. The van der Waals surface area contributed by atoms with E-state index in [1.807, 2.05) is 0 Å². The highest BCUT2D eigenvalue weighted by atomic mass is 35.5. The van der Waals surface area contributed by atoms with Crippen LogP contribution in [-0.4, -0.2) is 81.2 Å². The second-order valence-electron chi connectivity index (χ2n) is 5.34. The molecule has 0 spiro atoms. The van der Waals surface area contributed by atoms with E-state index in [0.717, 1.165) is 0 Å². The van der Waals surface area contributed by atoms with E-state index < -0.39 is 63.2 Å². The fourth-order valence-corrected chi connectivity index (χ4v) is 3.15. The van der Waals surface area contributed by atoms with Crippen LogP contribution >= 0.6 is 20.6 Å². The second kappa shape index (κ2) is 8.20. The predicted octanol–water partition coefficient (Wildman–Crippen LogP) is -1.83. The van der Waals surface area contributed by atoms with E-state index in [0.29, 0.717) is 0 Å². The average molecular weight is 389 g/mol. The Bertz CT molecular complexity index is 459. The van der Waals surface area contributed by atoms with E-state index in [2.05, 4.69) is 9.05 Å². The van der Waals surface area contributed by atoms with Crippen molar-refractivity contribution in [1.82, 2.24) is 0 Å². The Labute approximate surface area is 143 Å². The molecular weight excluding hydrogens is 371 g/mol. The molecule has 1 unspecified atom stereocenters. The molecule has 0 aromatic heterocycles. The number of rotatable bonds is 6. The lowest BCUT2D eigenvalue weighted by Gasteiger charge is -2.39. The molecule has 0 saturated carbocycles. The minimum atomic E-state index is -1.94. The van der Waals surface area contributed by atoms with Crippen LogP contribution in [0.25, 0.3) is 0 Å². The molecule has 2 fully saturated rings. The molecule has 0 bridgehead atoms. The minimum Gasteiger partial charge on any atom is -0.407 e. The number of ether oxygens (including phenoxy) is 2. The molecule has 12 heteroatoms. The van der Waals surface area contributed by atoms with Gasteiger partial charge in [0.15, 0.2) is 6.29 Å². The third-order valence-electron chi connectivity index (χ3n) is 3.71. The zero-order valence-corrected chi connectivity index (χ0v) is 14.1. The summed E-state index contributed by atoms with van der Waals surface area (Å²) in [6, 6.07) is 0. The Kier molecular flexibility index (Phi) is 6.74. The smallest absolute Gasteiger partial charge is 0.344 e. The maximum Gasteiger partial charge on any atom is 0.344 e. The summed E-state index contributed by atoms with van der Waals surface area (Å²) in [5.41, 5.74) is 0. The van der Waals surface area contributed by atoms with Crippen LogP contribution in [0.5, 0.6) is 0 Å². The Hall–Kier alpha value is -0.580. The molecule has 5 atom stereocenters. The molecule has 4 N–H and O–H groups in total. The first-order valence-electron chi connectivity index (χ1n) is 7.10. The van der Waals surface area contributed by atoms with E-state index in [9.17, 15) is 24.9 Å². The van der Waals surface area contributed by atoms with Gasteiger partial charge in [0.25, 0.3) is 9.03 Å². The molecule has 2 aliphatic heterocycles. The molecule has 0 aliphatic carbocycles. The van der Waals surface area contributed by atoms with Gasteiger partial charge in [-0.25, -0.2) is 9.59 Å². The van der Waals surface area contributed by atoms with Crippen molar-refractivity contribution in [3.8, 4) is 0 Å². The number of halogens is 1. The van der Waals surface area contributed by atoms with Crippen molar-refractivity contribution in [2.24, 2.45) is 0 Å². The molecule has 2 saturated heterocycles. The number of hydrogen-bond donors (Lipinski definition) is 4. The highest BCUT2D eigenvalue weighted by Gasteiger charge is 2.50. The number of carbonyl (C=O) groups excluding carboxylic acids is 2. The first-order chi connectivity index (χ1) is 11.3. The number of aliphatic hydroxyl groups is 4. The lowest BCUT2D eigenvalue weighted by molar-refractivity contribution is -0.301. The van der Waals surface area contributed by atoms with E-state index in [1.165, 1.54) is 0 Å². The minimum absolute atomic E-state index is 0.0833. The van der Waals surface area contributed by atoms with Gasteiger partial charge in [-0.1, -0.05) is 11.6 Å².